The standard InChI is InChI=1S/C11H14ClF2NO2S/c1-11(2,7-12)15(3)18(16,17)10-5-4-8(13)6-9(10)14/h4-6H,7H2,1-3H3. The Morgan fingerprint density at radius 3 is 2.33 bits per heavy atom. The molecule has 0 aliphatic rings. The molecule has 0 amide bonds. The SMILES string of the molecule is CN(C(C)(C)CCl)S(=O)(=O)c1ccc(F)cc1F. The van der Waals surface area contributed by atoms with Crippen LogP contribution in [0.3, 0.4) is 0 Å². The van der Waals surface area contributed by atoms with Gasteiger partial charge in [0.05, 0.1) is 0 Å². The Labute approximate surface area is 110 Å². The number of benzene rings is 1. The summed E-state index contributed by atoms with van der Waals surface area (Å²) in [6, 6.07) is 2.34. The zero-order valence-electron chi connectivity index (χ0n) is 10.2. The highest BCUT2D eigenvalue weighted by atomic mass is 35.5. The number of nitrogens with zero attached hydrogens (tertiary/aromatic N) is 1. The van der Waals surface area contributed by atoms with E-state index >= 15 is 0 Å². The van der Waals surface area contributed by atoms with Crippen LogP contribution in [0.2, 0.25) is 0 Å². The molecule has 7 heteroatoms. The van der Waals surface area contributed by atoms with Gasteiger partial charge in [-0.25, -0.2) is 17.2 Å². The number of hydrogen-bond acceptors (Lipinski definition) is 2. The smallest absolute Gasteiger partial charge is 0.207 e. The minimum absolute atomic E-state index is 0.0472. The Morgan fingerprint density at radius 1 is 1.33 bits per heavy atom. The van der Waals surface area contributed by atoms with Crippen molar-refractivity contribution in [1.29, 1.82) is 0 Å². The Bertz CT molecular complexity index is 546. The molecule has 0 bridgehead atoms. The van der Waals surface area contributed by atoms with Crippen molar-refractivity contribution in [2.45, 2.75) is 24.3 Å². The number of rotatable bonds is 4. The largest absolute Gasteiger partial charge is 0.246 e. The molecule has 1 rings (SSSR count). The molecule has 0 saturated carbocycles. The predicted octanol–water partition coefficient (Wildman–Crippen LogP) is 2.60. The molecule has 0 saturated heterocycles. The molecule has 0 fully saturated rings. The van der Waals surface area contributed by atoms with E-state index in [0.29, 0.717) is 6.07 Å². The summed E-state index contributed by atoms with van der Waals surface area (Å²) in [6.07, 6.45) is 0. The number of halogens is 3. The summed E-state index contributed by atoms with van der Waals surface area (Å²) in [4.78, 5) is -0.565. The topological polar surface area (TPSA) is 37.4 Å². The summed E-state index contributed by atoms with van der Waals surface area (Å²) in [5.74, 6) is -1.90. The van der Waals surface area contributed by atoms with E-state index in [9.17, 15) is 17.2 Å². The predicted molar refractivity (Wildman–Crippen MR) is 66.1 cm³/mol. The van der Waals surface area contributed by atoms with E-state index in [-0.39, 0.29) is 5.88 Å². The Hall–Kier alpha value is -0.720. The molecule has 1 aromatic carbocycles. The third kappa shape index (κ3) is 2.81. The lowest BCUT2D eigenvalue weighted by Gasteiger charge is -2.32. The molecule has 18 heavy (non-hydrogen) atoms. The molecule has 0 atom stereocenters. The van der Waals surface area contributed by atoms with Gasteiger partial charge in [-0.05, 0) is 26.0 Å². The van der Waals surface area contributed by atoms with Crippen LogP contribution >= 0.6 is 11.6 Å². The zero-order chi connectivity index (χ0) is 14.1. The third-order valence-electron chi connectivity index (χ3n) is 2.71. The average Bonchev–Trinajstić information content (AvgIpc) is 2.27. The molecule has 0 aromatic heterocycles. The molecule has 3 nitrogen and oxygen atoms in total. The summed E-state index contributed by atoms with van der Waals surface area (Å²) < 4.78 is 51.6. The zero-order valence-corrected chi connectivity index (χ0v) is 11.8. The van der Waals surface area contributed by atoms with E-state index in [2.05, 4.69) is 0 Å². The molecule has 0 unspecified atom stereocenters. The van der Waals surface area contributed by atoms with Crippen molar-refractivity contribution in [2.75, 3.05) is 12.9 Å². The van der Waals surface area contributed by atoms with Crippen LogP contribution in [0.25, 0.3) is 0 Å². The molecule has 1 aromatic rings. The van der Waals surface area contributed by atoms with Crippen molar-refractivity contribution in [3.63, 3.8) is 0 Å². The fourth-order valence-electron chi connectivity index (χ4n) is 1.24. The van der Waals surface area contributed by atoms with E-state index in [1.807, 2.05) is 0 Å². The highest BCUT2D eigenvalue weighted by Crippen LogP contribution is 2.25. The Balaban J connectivity index is 3.30. The van der Waals surface area contributed by atoms with E-state index in [4.69, 9.17) is 11.6 Å². The van der Waals surface area contributed by atoms with Gasteiger partial charge in [0.25, 0.3) is 0 Å². The van der Waals surface area contributed by atoms with Gasteiger partial charge in [0.15, 0.2) is 0 Å². The van der Waals surface area contributed by atoms with Crippen molar-refractivity contribution in [2.24, 2.45) is 0 Å². The second kappa shape index (κ2) is 5.11. The molecule has 0 heterocycles. The third-order valence-corrected chi connectivity index (χ3v) is 5.47. The van der Waals surface area contributed by atoms with E-state index in [0.717, 1.165) is 16.4 Å². The first-order valence-corrected chi connectivity index (χ1v) is 7.10. The van der Waals surface area contributed by atoms with Gasteiger partial charge in [-0.1, -0.05) is 0 Å². The molecule has 0 aliphatic carbocycles. The highest BCUT2D eigenvalue weighted by molar-refractivity contribution is 7.89. The van der Waals surface area contributed by atoms with Crippen LogP contribution in [0.4, 0.5) is 8.78 Å². The molecule has 0 aliphatic heterocycles. The number of sulfonamides is 1. The van der Waals surface area contributed by atoms with Crippen LogP contribution in [0, 0.1) is 11.6 Å². The van der Waals surface area contributed by atoms with Gasteiger partial charge >= 0.3 is 0 Å². The first kappa shape index (κ1) is 15.3. The molecule has 0 N–H and O–H groups in total. The summed E-state index contributed by atoms with van der Waals surface area (Å²) in [5.41, 5.74) is -0.874. The van der Waals surface area contributed by atoms with Crippen molar-refractivity contribution in [1.82, 2.24) is 4.31 Å². The molecular weight excluding hydrogens is 284 g/mol. The van der Waals surface area contributed by atoms with Gasteiger partial charge in [-0.15, -0.1) is 11.6 Å². The van der Waals surface area contributed by atoms with Crippen LogP contribution in [0.5, 0.6) is 0 Å². The summed E-state index contributed by atoms with van der Waals surface area (Å²) in [5, 5.41) is 0. The Kier molecular flexibility index (Phi) is 4.35. The van der Waals surface area contributed by atoms with E-state index in [1.165, 1.54) is 7.05 Å². The van der Waals surface area contributed by atoms with Crippen LogP contribution in [-0.2, 0) is 10.0 Å². The van der Waals surface area contributed by atoms with Crippen molar-refractivity contribution in [3.8, 4) is 0 Å². The number of hydrogen-bond donors (Lipinski definition) is 0. The fourth-order valence-corrected chi connectivity index (χ4v) is 3.05. The second-order valence-corrected chi connectivity index (χ2v) is 6.70. The molecule has 102 valence electrons. The second-order valence-electron chi connectivity index (χ2n) is 4.49. The summed E-state index contributed by atoms with van der Waals surface area (Å²) in [7, 11) is -2.74. The van der Waals surface area contributed by atoms with Crippen LogP contribution in [0.1, 0.15) is 13.8 Å². The molecule has 0 radical (unpaired) electrons. The summed E-state index contributed by atoms with van der Waals surface area (Å²) >= 11 is 5.69. The van der Waals surface area contributed by atoms with Gasteiger partial charge in [0.1, 0.15) is 16.5 Å². The monoisotopic (exact) mass is 297 g/mol. The Morgan fingerprint density at radius 2 is 1.89 bits per heavy atom. The van der Waals surface area contributed by atoms with Crippen molar-refractivity contribution < 1.29 is 17.2 Å². The minimum atomic E-state index is -4.05. The lowest BCUT2D eigenvalue weighted by atomic mass is 10.1. The summed E-state index contributed by atoms with van der Waals surface area (Å²) in [6.45, 7) is 3.22. The molecule has 0 spiro atoms. The van der Waals surface area contributed by atoms with Crippen LogP contribution in [-0.4, -0.2) is 31.2 Å². The fraction of sp³-hybridized carbons (Fsp3) is 0.455. The maximum absolute atomic E-state index is 13.5. The van der Waals surface area contributed by atoms with Crippen LogP contribution < -0.4 is 0 Å². The van der Waals surface area contributed by atoms with Crippen molar-refractivity contribution in [3.05, 3.63) is 29.8 Å². The lowest BCUT2D eigenvalue weighted by Crippen LogP contribution is -2.46. The normalized spacial score (nSPS) is 13.1. The lowest BCUT2D eigenvalue weighted by molar-refractivity contribution is 0.294. The van der Waals surface area contributed by atoms with E-state index < -0.39 is 32.1 Å². The van der Waals surface area contributed by atoms with Gasteiger partial charge in [0, 0.05) is 24.5 Å². The van der Waals surface area contributed by atoms with Gasteiger partial charge in [-0.2, -0.15) is 4.31 Å². The van der Waals surface area contributed by atoms with Gasteiger partial charge in [0.2, 0.25) is 10.0 Å². The molecular formula is C11H14ClF2NO2S. The highest BCUT2D eigenvalue weighted by Gasteiger charge is 2.35. The minimum Gasteiger partial charge on any atom is -0.207 e. The van der Waals surface area contributed by atoms with Gasteiger partial charge < -0.3 is 0 Å². The first-order chi connectivity index (χ1) is 8.13. The van der Waals surface area contributed by atoms with E-state index in [1.54, 1.807) is 13.8 Å². The first-order valence-electron chi connectivity index (χ1n) is 5.13. The quantitative estimate of drug-likeness (QED) is 0.801. The maximum Gasteiger partial charge on any atom is 0.246 e. The van der Waals surface area contributed by atoms with Crippen molar-refractivity contribution >= 4 is 21.6 Å². The maximum atomic E-state index is 13.5. The van der Waals surface area contributed by atoms with Crippen LogP contribution in [0.15, 0.2) is 23.1 Å². The number of alkyl halides is 1. The van der Waals surface area contributed by atoms with Gasteiger partial charge in [-0.3, -0.25) is 0 Å². The average molecular weight is 298 g/mol.